The molecule has 1 aromatic heterocycles. The molecule has 0 aromatic carbocycles. The Morgan fingerprint density at radius 2 is 2.12 bits per heavy atom. The first kappa shape index (κ1) is 11.1. The minimum absolute atomic E-state index is 0.378. The number of nitrogens with zero attached hydrogens (tertiary/aromatic N) is 2. The van der Waals surface area contributed by atoms with Gasteiger partial charge in [0.25, 0.3) is 0 Å². The van der Waals surface area contributed by atoms with E-state index in [2.05, 4.69) is 32.1 Å². The van der Waals surface area contributed by atoms with Crippen molar-refractivity contribution < 1.29 is 0 Å². The summed E-state index contributed by atoms with van der Waals surface area (Å²) >= 11 is 0. The second-order valence-corrected chi connectivity index (χ2v) is 4.67. The average Bonchev–Trinajstić information content (AvgIpc) is 2.90. The minimum Gasteiger partial charge on any atom is -0.314 e. The molecule has 2 atom stereocenters. The first-order valence-corrected chi connectivity index (χ1v) is 6.29. The Bertz CT molecular complexity index is 349. The molecule has 0 radical (unpaired) electrons. The van der Waals surface area contributed by atoms with Crippen molar-refractivity contribution in [1.29, 1.82) is 0 Å². The van der Waals surface area contributed by atoms with Crippen LogP contribution in [0.4, 0.5) is 0 Å². The monoisotopic (exact) mass is 233 g/mol. The second kappa shape index (κ2) is 5.10. The van der Waals surface area contributed by atoms with Crippen LogP contribution >= 0.6 is 0 Å². The van der Waals surface area contributed by atoms with Gasteiger partial charge in [-0.3, -0.25) is 9.88 Å². The first-order chi connectivity index (χ1) is 8.43. The Balaban J connectivity index is 1.61. The van der Waals surface area contributed by atoms with Crippen LogP contribution in [0.1, 0.15) is 18.0 Å². The van der Waals surface area contributed by atoms with Crippen molar-refractivity contribution in [3.63, 3.8) is 0 Å². The van der Waals surface area contributed by atoms with Gasteiger partial charge in [-0.05, 0) is 18.1 Å². The zero-order chi connectivity index (χ0) is 11.5. The van der Waals surface area contributed by atoms with Gasteiger partial charge in [0.05, 0.1) is 12.2 Å². The molecule has 5 heteroatoms. The summed E-state index contributed by atoms with van der Waals surface area (Å²) in [7, 11) is 0. The molecule has 17 heavy (non-hydrogen) atoms. The van der Waals surface area contributed by atoms with E-state index in [-0.39, 0.29) is 0 Å². The molecule has 5 nitrogen and oxygen atoms in total. The van der Waals surface area contributed by atoms with Crippen LogP contribution in [-0.2, 0) is 0 Å². The summed E-state index contributed by atoms with van der Waals surface area (Å²) in [6.45, 7) is 4.43. The minimum atomic E-state index is 0.378. The van der Waals surface area contributed by atoms with Gasteiger partial charge in [-0.2, -0.15) is 0 Å². The highest BCUT2D eigenvalue weighted by molar-refractivity contribution is 5.15. The van der Waals surface area contributed by atoms with Crippen LogP contribution < -0.4 is 16.2 Å². The van der Waals surface area contributed by atoms with Crippen molar-refractivity contribution in [2.75, 3.05) is 26.2 Å². The van der Waals surface area contributed by atoms with Crippen molar-refractivity contribution in [3.8, 4) is 0 Å². The number of hydrogen-bond acceptors (Lipinski definition) is 5. The maximum Gasteiger partial charge on any atom is 0.0748 e. The third-order valence-corrected chi connectivity index (χ3v) is 3.56. The number of nitrogens with one attached hydrogen (secondary N) is 3. The molecular formula is C12H19N5. The highest BCUT2D eigenvalue weighted by Gasteiger charge is 2.29. The fourth-order valence-electron chi connectivity index (χ4n) is 2.57. The summed E-state index contributed by atoms with van der Waals surface area (Å²) in [6.07, 6.45) is 5.31. The fraction of sp³-hybridized carbons (Fsp3) is 0.583. The van der Waals surface area contributed by atoms with Crippen LogP contribution in [0.3, 0.4) is 0 Å². The van der Waals surface area contributed by atoms with E-state index in [9.17, 15) is 0 Å². The largest absolute Gasteiger partial charge is 0.314 e. The Labute approximate surface area is 102 Å². The highest BCUT2D eigenvalue weighted by Crippen LogP contribution is 2.22. The lowest BCUT2D eigenvalue weighted by Gasteiger charge is -2.32. The topological polar surface area (TPSA) is 52.2 Å². The lowest BCUT2D eigenvalue weighted by atomic mass is 10.1. The van der Waals surface area contributed by atoms with Crippen LogP contribution in [0.5, 0.6) is 0 Å². The molecule has 2 aliphatic heterocycles. The Hall–Kier alpha value is -1.01. The Kier molecular flexibility index (Phi) is 3.33. The van der Waals surface area contributed by atoms with Gasteiger partial charge in [0.15, 0.2) is 0 Å². The predicted octanol–water partition coefficient (Wildman–Crippen LogP) is -0.148. The zero-order valence-electron chi connectivity index (χ0n) is 9.89. The first-order valence-electron chi connectivity index (χ1n) is 6.29. The third kappa shape index (κ3) is 2.47. The molecule has 3 N–H and O–H groups in total. The van der Waals surface area contributed by atoms with Gasteiger partial charge in [-0.25, -0.2) is 10.9 Å². The second-order valence-electron chi connectivity index (χ2n) is 4.67. The number of hydrogen-bond donors (Lipinski definition) is 3. The molecule has 2 unspecified atom stereocenters. The third-order valence-electron chi connectivity index (χ3n) is 3.56. The summed E-state index contributed by atoms with van der Waals surface area (Å²) in [5.74, 6) is 0. The van der Waals surface area contributed by atoms with E-state index in [0.717, 1.165) is 32.6 Å². The fourth-order valence-corrected chi connectivity index (χ4v) is 2.57. The van der Waals surface area contributed by atoms with E-state index >= 15 is 0 Å². The molecule has 0 saturated carbocycles. The van der Waals surface area contributed by atoms with Crippen molar-refractivity contribution in [1.82, 2.24) is 26.1 Å². The molecule has 0 amide bonds. The summed E-state index contributed by atoms with van der Waals surface area (Å²) in [5, 5.41) is 3.38. The van der Waals surface area contributed by atoms with Gasteiger partial charge in [-0.1, -0.05) is 6.07 Å². The molecule has 0 bridgehead atoms. The lowest BCUT2D eigenvalue weighted by Crippen LogP contribution is -2.52. The number of rotatable bonds is 2. The number of pyridine rings is 1. The van der Waals surface area contributed by atoms with Gasteiger partial charge in [0, 0.05) is 38.6 Å². The van der Waals surface area contributed by atoms with Gasteiger partial charge < -0.3 is 5.32 Å². The number of hydrazine groups is 1. The van der Waals surface area contributed by atoms with Crippen molar-refractivity contribution >= 4 is 0 Å². The molecule has 3 heterocycles. The summed E-state index contributed by atoms with van der Waals surface area (Å²) in [5.41, 5.74) is 8.03. The van der Waals surface area contributed by atoms with Gasteiger partial charge in [0.2, 0.25) is 0 Å². The van der Waals surface area contributed by atoms with Crippen LogP contribution in [0.2, 0.25) is 0 Å². The van der Waals surface area contributed by atoms with E-state index in [0.29, 0.717) is 12.2 Å². The zero-order valence-corrected chi connectivity index (χ0v) is 9.89. The molecule has 0 spiro atoms. The molecule has 92 valence electrons. The maximum atomic E-state index is 4.18. The average molecular weight is 233 g/mol. The summed E-state index contributed by atoms with van der Waals surface area (Å²) < 4.78 is 0. The van der Waals surface area contributed by atoms with E-state index in [1.54, 1.807) is 0 Å². The van der Waals surface area contributed by atoms with Crippen molar-refractivity contribution in [2.45, 2.75) is 18.6 Å². The summed E-state index contributed by atoms with van der Waals surface area (Å²) in [4.78, 5) is 6.68. The number of aromatic nitrogens is 1. The van der Waals surface area contributed by atoms with E-state index in [1.807, 2.05) is 18.5 Å². The van der Waals surface area contributed by atoms with Crippen LogP contribution in [0.15, 0.2) is 24.5 Å². The van der Waals surface area contributed by atoms with Gasteiger partial charge in [-0.15, -0.1) is 0 Å². The predicted molar refractivity (Wildman–Crippen MR) is 66.1 cm³/mol. The Morgan fingerprint density at radius 1 is 1.24 bits per heavy atom. The van der Waals surface area contributed by atoms with E-state index in [4.69, 9.17) is 0 Å². The molecule has 2 aliphatic rings. The van der Waals surface area contributed by atoms with Gasteiger partial charge in [0.1, 0.15) is 0 Å². The standard InChI is InChI=1S/C12H19N5/c1-2-10(9-14-3-1)11-8-12(16-15-11)17-6-4-13-5-7-17/h1-3,9,11-13,15-16H,4-8H2. The lowest BCUT2D eigenvalue weighted by molar-refractivity contribution is 0.155. The quantitative estimate of drug-likeness (QED) is 0.663. The molecule has 2 fully saturated rings. The molecule has 0 aliphatic carbocycles. The Morgan fingerprint density at radius 3 is 2.88 bits per heavy atom. The maximum absolute atomic E-state index is 4.18. The molecule has 1 aromatic rings. The SMILES string of the molecule is c1cncc(C2CC(N3CCNCC3)NN2)c1. The molecular weight excluding hydrogens is 214 g/mol. The van der Waals surface area contributed by atoms with E-state index < -0.39 is 0 Å². The normalized spacial score (nSPS) is 30.6. The van der Waals surface area contributed by atoms with Crippen LogP contribution in [-0.4, -0.2) is 42.2 Å². The summed E-state index contributed by atoms with van der Waals surface area (Å²) in [6, 6.07) is 4.50. The highest BCUT2D eigenvalue weighted by atomic mass is 15.5. The van der Waals surface area contributed by atoms with Crippen molar-refractivity contribution in [2.24, 2.45) is 0 Å². The van der Waals surface area contributed by atoms with Crippen LogP contribution in [0.25, 0.3) is 0 Å². The van der Waals surface area contributed by atoms with Crippen LogP contribution in [0, 0.1) is 0 Å². The molecule has 2 saturated heterocycles. The molecule has 3 rings (SSSR count). The van der Waals surface area contributed by atoms with Crippen molar-refractivity contribution in [3.05, 3.63) is 30.1 Å². The van der Waals surface area contributed by atoms with E-state index in [1.165, 1.54) is 5.56 Å². The smallest absolute Gasteiger partial charge is 0.0748 e. The van der Waals surface area contributed by atoms with Gasteiger partial charge >= 0.3 is 0 Å². The number of piperazine rings is 1.